The number of halogens is 3. The van der Waals surface area contributed by atoms with E-state index in [1.807, 2.05) is 0 Å². The fourth-order valence-electron chi connectivity index (χ4n) is 1.98. The Morgan fingerprint density at radius 1 is 1.30 bits per heavy atom. The minimum atomic E-state index is -4.13. The molecular formula is C13H13F3N2O2. The van der Waals surface area contributed by atoms with E-state index in [0.717, 1.165) is 0 Å². The molecule has 2 aromatic rings. The molecule has 1 aromatic carbocycles. The van der Waals surface area contributed by atoms with Crippen molar-refractivity contribution in [2.24, 2.45) is 0 Å². The molecule has 4 nitrogen and oxygen atoms in total. The summed E-state index contributed by atoms with van der Waals surface area (Å²) in [7, 11) is 0. The number of carboxylic acids is 1. The van der Waals surface area contributed by atoms with Gasteiger partial charge in [-0.15, -0.1) is 0 Å². The number of fused-ring (bicyclic) bond motifs is 1. The Morgan fingerprint density at radius 3 is 2.70 bits per heavy atom. The van der Waals surface area contributed by atoms with Gasteiger partial charge in [-0.2, -0.15) is 13.2 Å². The molecule has 7 heteroatoms. The van der Waals surface area contributed by atoms with Gasteiger partial charge in [0.05, 0.1) is 22.9 Å². The molecule has 0 saturated heterocycles. The van der Waals surface area contributed by atoms with Crippen molar-refractivity contribution in [3.63, 3.8) is 0 Å². The molecule has 0 spiro atoms. The van der Waals surface area contributed by atoms with Crippen LogP contribution in [-0.2, 0) is 6.54 Å². The first kappa shape index (κ1) is 14.4. The second kappa shape index (κ2) is 5.52. The average Bonchev–Trinajstić information content (AvgIpc) is 2.76. The predicted octanol–water partition coefficient (Wildman–Crippen LogP) is 3.47. The zero-order valence-electron chi connectivity index (χ0n) is 10.5. The van der Waals surface area contributed by atoms with Crippen LogP contribution in [0.15, 0.2) is 24.5 Å². The molecule has 0 atom stereocenters. The summed E-state index contributed by atoms with van der Waals surface area (Å²) < 4.78 is 37.8. The van der Waals surface area contributed by atoms with E-state index in [-0.39, 0.29) is 12.0 Å². The van der Waals surface area contributed by atoms with Crippen LogP contribution in [0.1, 0.15) is 29.6 Å². The number of carbonyl (C=O) groups is 1. The molecule has 0 radical (unpaired) electrons. The third-order valence-corrected chi connectivity index (χ3v) is 2.98. The molecule has 0 fully saturated rings. The smallest absolute Gasteiger partial charge is 0.389 e. The summed E-state index contributed by atoms with van der Waals surface area (Å²) in [6.45, 7) is 0.385. The largest absolute Gasteiger partial charge is 0.478 e. The van der Waals surface area contributed by atoms with Crippen LogP contribution >= 0.6 is 0 Å². The summed E-state index contributed by atoms with van der Waals surface area (Å²) in [6.07, 6.45) is -3.01. The number of carboxylic acid groups (broad SMARTS) is 1. The molecule has 1 aromatic heterocycles. The topological polar surface area (TPSA) is 55.1 Å². The number of aromatic carboxylic acids is 1. The minimum Gasteiger partial charge on any atom is -0.478 e. The highest BCUT2D eigenvalue weighted by Gasteiger charge is 2.25. The van der Waals surface area contributed by atoms with Gasteiger partial charge >= 0.3 is 12.1 Å². The van der Waals surface area contributed by atoms with Gasteiger partial charge in [0.25, 0.3) is 0 Å². The van der Waals surface area contributed by atoms with Crippen molar-refractivity contribution in [1.82, 2.24) is 9.55 Å². The molecule has 0 aliphatic carbocycles. The Hall–Kier alpha value is -2.05. The number of unbranched alkanes of at least 4 members (excludes halogenated alkanes) is 1. The molecule has 0 bridgehead atoms. The third-order valence-electron chi connectivity index (χ3n) is 2.98. The van der Waals surface area contributed by atoms with Crippen LogP contribution in [0.2, 0.25) is 0 Å². The van der Waals surface area contributed by atoms with E-state index in [1.165, 1.54) is 18.5 Å². The zero-order chi connectivity index (χ0) is 14.8. The molecule has 0 aliphatic rings. The molecule has 108 valence electrons. The van der Waals surface area contributed by atoms with Gasteiger partial charge in [0.15, 0.2) is 0 Å². The Kier molecular flexibility index (Phi) is 3.96. The molecular weight excluding hydrogens is 273 g/mol. The Labute approximate surface area is 112 Å². The number of alkyl halides is 3. The highest BCUT2D eigenvalue weighted by Crippen LogP contribution is 2.23. The molecule has 2 rings (SSSR count). The monoisotopic (exact) mass is 286 g/mol. The van der Waals surface area contributed by atoms with Crippen molar-refractivity contribution in [2.75, 3.05) is 0 Å². The third kappa shape index (κ3) is 3.49. The van der Waals surface area contributed by atoms with E-state index in [1.54, 1.807) is 10.6 Å². The van der Waals surface area contributed by atoms with E-state index in [9.17, 15) is 18.0 Å². The number of hydrogen-bond acceptors (Lipinski definition) is 2. The lowest BCUT2D eigenvalue weighted by molar-refractivity contribution is -0.135. The first-order chi connectivity index (χ1) is 9.37. The maximum atomic E-state index is 12.0. The van der Waals surface area contributed by atoms with Crippen LogP contribution in [0.3, 0.4) is 0 Å². The number of hydrogen-bond donors (Lipinski definition) is 1. The van der Waals surface area contributed by atoms with Crippen molar-refractivity contribution in [3.8, 4) is 0 Å². The van der Waals surface area contributed by atoms with Gasteiger partial charge in [-0.1, -0.05) is 0 Å². The molecule has 0 amide bonds. The lowest BCUT2D eigenvalue weighted by atomic mass is 10.2. The van der Waals surface area contributed by atoms with E-state index in [0.29, 0.717) is 24.0 Å². The maximum Gasteiger partial charge on any atom is 0.389 e. The Bertz CT molecular complexity index is 620. The summed E-state index contributed by atoms with van der Waals surface area (Å²) in [5, 5.41) is 8.92. The Morgan fingerprint density at radius 2 is 2.05 bits per heavy atom. The van der Waals surface area contributed by atoms with Crippen molar-refractivity contribution in [1.29, 1.82) is 0 Å². The predicted molar refractivity (Wildman–Crippen MR) is 66.6 cm³/mol. The van der Waals surface area contributed by atoms with Crippen LogP contribution in [0.5, 0.6) is 0 Å². The summed E-state index contributed by atoms with van der Waals surface area (Å²) in [5.41, 5.74) is 1.39. The van der Waals surface area contributed by atoms with Gasteiger partial charge in [0.1, 0.15) is 0 Å². The number of imidazole rings is 1. The highest BCUT2D eigenvalue weighted by molar-refractivity contribution is 5.92. The Balaban J connectivity index is 2.06. The summed E-state index contributed by atoms with van der Waals surface area (Å²) in [6, 6.07) is 4.52. The van der Waals surface area contributed by atoms with E-state index >= 15 is 0 Å². The molecule has 20 heavy (non-hydrogen) atoms. The van der Waals surface area contributed by atoms with E-state index in [2.05, 4.69) is 4.98 Å². The number of aromatic nitrogens is 2. The van der Waals surface area contributed by atoms with E-state index < -0.39 is 18.6 Å². The van der Waals surface area contributed by atoms with Crippen LogP contribution in [-0.4, -0.2) is 26.8 Å². The molecule has 0 aliphatic heterocycles. The fraction of sp³-hybridized carbons (Fsp3) is 0.385. The molecule has 0 unspecified atom stereocenters. The number of aryl methyl sites for hydroxylation is 1. The first-order valence-electron chi connectivity index (χ1n) is 6.12. The van der Waals surface area contributed by atoms with Crippen LogP contribution in [0, 0.1) is 0 Å². The van der Waals surface area contributed by atoms with Crippen molar-refractivity contribution >= 4 is 17.0 Å². The van der Waals surface area contributed by atoms with Gasteiger partial charge in [0.2, 0.25) is 0 Å². The van der Waals surface area contributed by atoms with Crippen LogP contribution in [0.25, 0.3) is 11.0 Å². The normalized spacial score (nSPS) is 11.9. The SMILES string of the molecule is O=C(O)c1ccc2ncn(CCCCC(F)(F)F)c2c1. The second-order valence-electron chi connectivity index (χ2n) is 4.52. The van der Waals surface area contributed by atoms with Crippen LogP contribution < -0.4 is 0 Å². The quantitative estimate of drug-likeness (QED) is 0.856. The lowest BCUT2D eigenvalue weighted by Crippen LogP contribution is -2.07. The van der Waals surface area contributed by atoms with Gasteiger partial charge in [-0.05, 0) is 31.0 Å². The number of rotatable bonds is 5. The van der Waals surface area contributed by atoms with Gasteiger partial charge < -0.3 is 9.67 Å². The summed E-state index contributed by atoms with van der Waals surface area (Å²) >= 11 is 0. The first-order valence-corrected chi connectivity index (χ1v) is 6.12. The zero-order valence-corrected chi connectivity index (χ0v) is 10.5. The van der Waals surface area contributed by atoms with Crippen molar-refractivity contribution < 1.29 is 23.1 Å². The van der Waals surface area contributed by atoms with Gasteiger partial charge in [-0.25, -0.2) is 9.78 Å². The molecule has 1 N–H and O–H groups in total. The average molecular weight is 286 g/mol. The van der Waals surface area contributed by atoms with Crippen LogP contribution in [0.4, 0.5) is 13.2 Å². The summed E-state index contributed by atoms with van der Waals surface area (Å²) in [4.78, 5) is 15.0. The second-order valence-corrected chi connectivity index (χ2v) is 4.52. The van der Waals surface area contributed by atoms with Crippen molar-refractivity contribution in [2.45, 2.75) is 32.0 Å². The maximum absolute atomic E-state index is 12.0. The lowest BCUT2D eigenvalue weighted by Gasteiger charge is -2.07. The highest BCUT2D eigenvalue weighted by atomic mass is 19.4. The fourth-order valence-corrected chi connectivity index (χ4v) is 1.98. The number of nitrogens with zero attached hydrogens (tertiary/aromatic N) is 2. The van der Waals surface area contributed by atoms with Gasteiger partial charge in [0, 0.05) is 13.0 Å². The van der Waals surface area contributed by atoms with E-state index in [4.69, 9.17) is 5.11 Å². The molecule has 1 heterocycles. The standard InChI is InChI=1S/C13H13F3N2O2/c14-13(15,16)5-1-2-6-18-8-17-10-4-3-9(12(19)20)7-11(10)18/h3-4,7-8H,1-2,5-6H2,(H,19,20). The summed E-state index contributed by atoms with van der Waals surface area (Å²) in [5.74, 6) is -1.04. The minimum absolute atomic E-state index is 0.0434. The molecule has 0 saturated carbocycles. The van der Waals surface area contributed by atoms with Crippen molar-refractivity contribution in [3.05, 3.63) is 30.1 Å². The van der Waals surface area contributed by atoms with Gasteiger partial charge in [-0.3, -0.25) is 0 Å². The number of benzene rings is 1.